The lowest BCUT2D eigenvalue weighted by atomic mass is 9.80. The van der Waals surface area contributed by atoms with E-state index in [-0.39, 0.29) is 0 Å². The van der Waals surface area contributed by atoms with Gasteiger partial charge < -0.3 is 18.9 Å². The Bertz CT molecular complexity index is 6220. The molecule has 0 saturated heterocycles. The first-order valence-electron chi connectivity index (χ1n) is 35.3. The molecule has 18 aromatic rings. The zero-order chi connectivity index (χ0) is 74.7. The molecule has 16 heteroatoms. The summed E-state index contributed by atoms with van der Waals surface area (Å²) in [6.07, 6.45) is 0. The highest BCUT2D eigenvalue weighted by molar-refractivity contribution is 6.58. The van der Waals surface area contributed by atoms with Crippen LogP contribution in [-0.2, 0) is 0 Å². The average Bonchev–Trinajstić information content (AvgIpc) is 1.60. The van der Waals surface area contributed by atoms with Crippen LogP contribution in [0.1, 0.15) is 5.56 Å². The van der Waals surface area contributed by atoms with Crippen molar-refractivity contribution in [3.05, 3.63) is 374 Å². The van der Waals surface area contributed by atoms with E-state index >= 15 is 0 Å². The maximum absolute atomic E-state index is 9.16. The molecule has 110 heavy (non-hydrogen) atoms. The Morgan fingerprint density at radius 3 is 0.882 bits per heavy atom. The van der Waals surface area contributed by atoms with Gasteiger partial charge in [-0.1, -0.05) is 291 Å². The number of hydrogen-bond acceptors (Lipinski definition) is 13. The zero-order valence-corrected chi connectivity index (χ0v) is 59.4. The van der Waals surface area contributed by atoms with Crippen molar-refractivity contribution in [2.45, 2.75) is 0 Å². The second-order valence-electron chi connectivity index (χ2n) is 25.6. The van der Waals surface area contributed by atoms with Crippen LogP contribution in [0, 0.1) is 17.9 Å². The molecule has 14 nitrogen and oxygen atoms in total. The number of aromatic nitrogens is 8. The predicted octanol–water partition coefficient (Wildman–Crippen LogP) is 22.1. The Balaban J connectivity index is 0.000000148. The van der Waals surface area contributed by atoms with E-state index in [0.717, 1.165) is 111 Å². The summed E-state index contributed by atoms with van der Waals surface area (Å²) in [6.45, 7) is 6.62. The number of nitrogens with zero attached hydrogens (tertiary/aromatic N) is 10. The number of oxazole rings is 2. The van der Waals surface area contributed by atoms with Crippen LogP contribution in [0.2, 0.25) is 5.02 Å². The molecule has 0 bridgehead atoms. The molecule has 0 atom stereocenters. The summed E-state index contributed by atoms with van der Waals surface area (Å²) in [5, 5.41) is 27.2. The van der Waals surface area contributed by atoms with Crippen molar-refractivity contribution < 1.29 is 18.9 Å². The molecule has 0 fully saturated rings. The fourth-order valence-electron chi connectivity index (χ4n) is 12.7. The van der Waals surface area contributed by atoms with Crippen LogP contribution in [0.15, 0.2) is 361 Å². The molecule has 0 amide bonds. The SMILES string of the molecule is Clc1ccc(-c2nc3c(-c4ccccc4)cc(-c4ccc(-c5nc(-c6ccccc6)nc(-c6ccccc6)n5)cc4)cc3o2)cc1.N#Cc1ccc(-c2ccc(-c3nc4c(-c5ccccc5)cc(-c5ccc(-c6nc(-c7ccccc7)nc(-c7ccccc7)n6)cc5)cc4o3)cc2)cc1.[C-]#[N+]c1ccc(B(O)O)cc1. The summed E-state index contributed by atoms with van der Waals surface area (Å²) in [5.74, 6) is 4.84. The fraction of sp³-hybridized carbons (Fsp3) is 0. The largest absolute Gasteiger partial charge is 0.488 e. The number of rotatable bonds is 14. The van der Waals surface area contributed by atoms with Gasteiger partial charge in [-0.3, -0.25) is 0 Å². The van der Waals surface area contributed by atoms with E-state index in [1.54, 1.807) is 12.1 Å². The van der Waals surface area contributed by atoms with Crippen LogP contribution >= 0.6 is 11.6 Å². The summed E-state index contributed by atoms with van der Waals surface area (Å²) in [7, 11) is -1.45. The smallest absolute Gasteiger partial charge is 0.436 e. The number of benzene rings is 14. The lowest BCUT2D eigenvalue weighted by Crippen LogP contribution is -2.29. The zero-order valence-electron chi connectivity index (χ0n) is 58.6. The van der Waals surface area contributed by atoms with Crippen LogP contribution in [-0.4, -0.2) is 57.0 Å². The summed E-state index contributed by atoms with van der Waals surface area (Å²) in [6, 6.07) is 117. The Kier molecular flexibility index (Phi) is 20.2. The van der Waals surface area contributed by atoms with Crippen LogP contribution < -0.4 is 5.46 Å². The van der Waals surface area contributed by atoms with E-state index in [0.29, 0.717) is 79.6 Å². The first-order valence-corrected chi connectivity index (χ1v) is 35.6. The van der Waals surface area contributed by atoms with Gasteiger partial charge in [0.05, 0.1) is 18.2 Å². The molecule has 4 aromatic heterocycles. The van der Waals surface area contributed by atoms with Gasteiger partial charge in [-0.15, -0.1) is 0 Å². The van der Waals surface area contributed by atoms with Gasteiger partial charge in [0.25, 0.3) is 0 Å². The summed E-state index contributed by atoms with van der Waals surface area (Å²) < 4.78 is 12.8. The topological polar surface area (TPSA) is 198 Å². The maximum atomic E-state index is 9.16. The van der Waals surface area contributed by atoms with Gasteiger partial charge >= 0.3 is 7.12 Å². The third-order valence-electron chi connectivity index (χ3n) is 18.4. The molecule has 520 valence electrons. The minimum Gasteiger partial charge on any atom is -0.436 e. The van der Waals surface area contributed by atoms with Crippen molar-refractivity contribution >= 4 is 52.1 Å². The Morgan fingerprint density at radius 1 is 0.300 bits per heavy atom. The molecule has 0 spiro atoms. The second-order valence-corrected chi connectivity index (χ2v) is 26.0. The summed E-state index contributed by atoms with van der Waals surface area (Å²) >= 11 is 6.13. The van der Waals surface area contributed by atoms with Gasteiger partial charge in [0.15, 0.2) is 51.8 Å². The van der Waals surface area contributed by atoms with E-state index in [1.165, 1.54) is 12.1 Å². The van der Waals surface area contributed by atoms with Crippen LogP contribution in [0.4, 0.5) is 5.69 Å². The molecule has 0 unspecified atom stereocenters. The lowest BCUT2D eigenvalue weighted by Gasteiger charge is -2.10. The molecule has 14 aromatic carbocycles. The first kappa shape index (κ1) is 69.7. The molecule has 18 rings (SSSR count). The van der Waals surface area contributed by atoms with E-state index in [4.69, 9.17) is 82.2 Å². The van der Waals surface area contributed by atoms with E-state index in [9.17, 15) is 0 Å². The molecule has 4 heterocycles. The van der Waals surface area contributed by atoms with E-state index in [1.807, 2.05) is 224 Å². The minimum absolute atomic E-state index is 0.400. The van der Waals surface area contributed by atoms with Crippen LogP contribution in [0.5, 0.6) is 0 Å². The Labute approximate surface area is 639 Å². The summed E-state index contributed by atoms with van der Waals surface area (Å²) in [5.41, 5.74) is 22.1. The minimum atomic E-state index is -1.45. The third-order valence-corrected chi connectivity index (χ3v) is 18.7. The van der Waals surface area contributed by atoms with E-state index < -0.39 is 7.12 Å². The van der Waals surface area contributed by atoms with Gasteiger partial charge in [-0.05, 0) is 123 Å². The maximum Gasteiger partial charge on any atom is 0.488 e. The highest BCUT2D eigenvalue weighted by Gasteiger charge is 2.21. The molecule has 0 aliphatic carbocycles. The summed E-state index contributed by atoms with van der Waals surface area (Å²) in [4.78, 5) is 42.3. The molecule has 0 saturated carbocycles. The molecule has 0 aliphatic heterocycles. The van der Waals surface area contributed by atoms with Gasteiger partial charge in [0.1, 0.15) is 11.0 Å². The molecular formula is C94H60BClN10O4. The molecule has 0 radical (unpaired) electrons. The molecule has 2 N–H and O–H groups in total. The Hall–Kier alpha value is -14.7. The van der Waals surface area contributed by atoms with Crippen LogP contribution in [0.25, 0.3) is 174 Å². The van der Waals surface area contributed by atoms with Crippen molar-refractivity contribution in [2.24, 2.45) is 0 Å². The van der Waals surface area contributed by atoms with E-state index in [2.05, 4.69) is 114 Å². The lowest BCUT2D eigenvalue weighted by molar-refractivity contribution is 0.426. The second kappa shape index (κ2) is 31.9. The van der Waals surface area contributed by atoms with Gasteiger partial charge in [-0.25, -0.2) is 44.7 Å². The predicted molar refractivity (Wildman–Crippen MR) is 438 cm³/mol. The third kappa shape index (κ3) is 15.7. The van der Waals surface area contributed by atoms with Gasteiger partial charge in [0.2, 0.25) is 11.8 Å². The van der Waals surface area contributed by atoms with Crippen molar-refractivity contribution in [3.8, 4) is 153 Å². The highest BCUT2D eigenvalue weighted by atomic mass is 35.5. The highest BCUT2D eigenvalue weighted by Crippen LogP contribution is 2.40. The normalized spacial score (nSPS) is 10.8. The Morgan fingerprint density at radius 2 is 0.573 bits per heavy atom. The molecular weight excluding hydrogens is 1380 g/mol. The van der Waals surface area contributed by atoms with Crippen molar-refractivity contribution in [3.63, 3.8) is 0 Å². The first-order chi connectivity index (χ1) is 54.1. The van der Waals surface area contributed by atoms with Crippen molar-refractivity contribution in [2.75, 3.05) is 0 Å². The molecule has 0 aliphatic rings. The average molecular weight is 1440 g/mol. The van der Waals surface area contributed by atoms with Crippen LogP contribution in [0.3, 0.4) is 0 Å². The fourth-order valence-corrected chi connectivity index (χ4v) is 12.8. The van der Waals surface area contributed by atoms with Crippen molar-refractivity contribution in [1.29, 1.82) is 5.26 Å². The monoisotopic (exact) mass is 1440 g/mol. The van der Waals surface area contributed by atoms with Gasteiger partial charge in [-0.2, -0.15) is 5.26 Å². The number of hydrogen-bond donors (Lipinski definition) is 2. The standard InChI is InChI=1S/C47H29N5O.C40H25ClN4O.C7H6BNO2/c48-30-31-16-18-32(19-17-31)33-22-26-39(27-23-33)47-49-43-41(35-10-4-1-5-11-35)28-40(29-42(43)53-47)34-20-24-38(25-21-34)46-51-44(36-12-6-2-7-13-36)50-45(52-46)37-14-8-3-9-15-37;41-33-22-20-31(21-23-33)40-42-36-34(27-10-4-1-5-11-27)24-32(25-35(36)46-40)26-16-18-30(19-17-26)39-44-37(28-12-6-2-7-13-28)43-38(45-39)29-14-8-3-9-15-29;1-9-7-4-2-6(3-5-7)8(10)11/h1-29H;1-25H;2-5,10-11H. The van der Waals surface area contributed by atoms with Crippen molar-refractivity contribution in [1.82, 2.24) is 39.9 Å². The number of fused-ring (bicyclic) bond motifs is 2. The number of nitriles is 1. The quantitative estimate of drug-likeness (QED) is 0.0771. The number of halogens is 1. The van der Waals surface area contributed by atoms with Gasteiger partial charge in [0, 0.05) is 60.7 Å².